The fraction of sp³-hybridized carbons (Fsp3) is 0.0833. The van der Waals surface area contributed by atoms with Gasteiger partial charge in [0.1, 0.15) is 5.82 Å². The Kier molecular flexibility index (Phi) is 3.62. The van der Waals surface area contributed by atoms with Gasteiger partial charge in [0, 0.05) is 11.2 Å². The van der Waals surface area contributed by atoms with Crippen LogP contribution in [0, 0.1) is 5.82 Å². The van der Waals surface area contributed by atoms with Gasteiger partial charge in [0.15, 0.2) is 0 Å². The molecule has 0 amide bonds. The summed E-state index contributed by atoms with van der Waals surface area (Å²) < 4.78 is 13.2. The quantitative estimate of drug-likeness (QED) is 0.906. The first kappa shape index (κ1) is 12.3. The highest BCUT2D eigenvalue weighted by Gasteiger charge is 2.17. The second kappa shape index (κ2) is 5.00. The molecule has 1 atom stereocenters. The molecular weight excluding hydrogens is 262 g/mol. The summed E-state index contributed by atoms with van der Waals surface area (Å²) in [5.41, 5.74) is 6.93. The topological polar surface area (TPSA) is 38.9 Å². The van der Waals surface area contributed by atoms with Gasteiger partial charge in [0.2, 0.25) is 0 Å². The van der Waals surface area contributed by atoms with Crippen LogP contribution in [0.1, 0.15) is 17.3 Å². The van der Waals surface area contributed by atoms with Crippen molar-refractivity contribution >= 4 is 23.2 Å². The van der Waals surface area contributed by atoms with Crippen LogP contribution in [0.5, 0.6) is 0 Å². The standard InChI is InChI=1S/C12H9Cl2FN2/c13-9-4-3-7(15)6-8(9)11(16)12-10(14)2-1-5-17-12/h1-6,11H,16H2. The van der Waals surface area contributed by atoms with Gasteiger partial charge in [-0.15, -0.1) is 0 Å². The Labute approximate surface area is 108 Å². The summed E-state index contributed by atoms with van der Waals surface area (Å²) in [4.78, 5) is 4.09. The van der Waals surface area contributed by atoms with Crippen molar-refractivity contribution in [3.05, 3.63) is 63.6 Å². The van der Waals surface area contributed by atoms with Crippen LogP contribution in [0.25, 0.3) is 0 Å². The number of benzene rings is 1. The van der Waals surface area contributed by atoms with Crippen LogP contribution in [-0.2, 0) is 0 Å². The molecule has 88 valence electrons. The molecule has 2 nitrogen and oxygen atoms in total. The number of nitrogens with zero attached hydrogens (tertiary/aromatic N) is 1. The largest absolute Gasteiger partial charge is 0.319 e. The highest BCUT2D eigenvalue weighted by molar-refractivity contribution is 6.32. The number of pyridine rings is 1. The minimum absolute atomic E-state index is 0.389. The molecule has 2 rings (SSSR count). The minimum Gasteiger partial charge on any atom is -0.319 e. The average molecular weight is 271 g/mol. The van der Waals surface area contributed by atoms with Crippen LogP contribution in [-0.4, -0.2) is 4.98 Å². The van der Waals surface area contributed by atoms with Gasteiger partial charge in [0.25, 0.3) is 0 Å². The van der Waals surface area contributed by atoms with E-state index in [1.807, 2.05) is 0 Å². The molecular formula is C12H9Cl2FN2. The fourth-order valence-corrected chi connectivity index (χ4v) is 2.00. The molecule has 0 spiro atoms. The van der Waals surface area contributed by atoms with Gasteiger partial charge in [-0.25, -0.2) is 4.39 Å². The molecule has 0 aliphatic rings. The van der Waals surface area contributed by atoms with Gasteiger partial charge in [0.05, 0.1) is 16.8 Å². The summed E-state index contributed by atoms with van der Waals surface area (Å²) >= 11 is 12.0. The molecule has 0 radical (unpaired) electrons. The number of hydrogen-bond acceptors (Lipinski definition) is 2. The normalized spacial score (nSPS) is 12.5. The van der Waals surface area contributed by atoms with E-state index in [2.05, 4.69) is 4.98 Å². The maximum absolute atomic E-state index is 13.2. The number of rotatable bonds is 2. The summed E-state index contributed by atoms with van der Waals surface area (Å²) in [6, 6.07) is 6.76. The molecule has 5 heteroatoms. The van der Waals surface area contributed by atoms with E-state index in [1.165, 1.54) is 18.2 Å². The van der Waals surface area contributed by atoms with Crippen molar-refractivity contribution in [2.75, 3.05) is 0 Å². The van der Waals surface area contributed by atoms with Crippen molar-refractivity contribution in [1.29, 1.82) is 0 Å². The lowest BCUT2D eigenvalue weighted by atomic mass is 10.0. The van der Waals surface area contributed by atoms with Crippen molar-refractivity contribution < 1.29 is 4.39 Å². The van der Waals surface area contributed by atoms with Crippen LogP contribution in [0.2, 0.25) is 10.0 Å². The molecule has 0 bridgehead atoms. The lowest BCUT2D eigenvalue weighted by Crippen LogP contribution is -2.14. The Morgan fingerprint density at radius 1 is 1.18 bits per heavy atom. The van der Waals surface area contributed by atoms with E-state index in [4.69, 9.17) is 28.9 Å². The molecule has 2 aromatic rings. The van der Waals surface area contributed by atoms with Crippen molar-refractivity contribution in [3.8, 4) is 0 Å². The second-order valence-corrected chi connectivity index (χ2v) is 4.33. The highest BCUT2D eigenvalue weighted by atomic mass is 35.5. The molecule has 1 aromatic heterocycles. The summed E-state index contributed by atoms with van der Waals surface area (Å²) in [6.45, 7) is 0. The number of nitrogens with two attached hydrogens (primary N) is 1. The van der Waals surface area contributed by atoms with Crippen molar-refractivity contribution in [3.63, 3.8) is 0 Å². The van der Waals surface area contributed by atoms with E-state index >= 15 is 0 Å². The van der Waals surface area contributed by atoms with Gasteiger partial charge >= 0.3 is 0 Å². The molecule has 1 heterocycles. The number of halogens is 3. The summed E-state index contributed by atoms with van der Waals surface area (Å²) in [5, 5.41) is 0.820. The first-order valence-electron chi connectivity index (χ1n) is 4.90. The first-order valence-corrected chi connectivity index (χ1v) is 5.66. The Balaban J connectivity index is 2.47. The van der Waals surface area contributed by atoms with Gasteiger partial charge in [-0.3, -0.25) is 4.98 Å². The van der Waals surface area contributed by atoms with Gasteiger partial charge < -0.3 is 5.73 Å². The minimum atomic E-state index is -0.646. The van der Waals surface area contributed by atoms with Gasteiger partial charge in [-0.2, -0.15) is 0 Å². The zero-order valence-electron chi connectivity index (χ0n) is 8.70. The average Bonchev–Trinajstić information content (AvgIpc) is 2.32. The second-order valence-electron chi connectivity index (χ2n) is 3.51. The predicted octanol–water partition coefficient (Wildman–Crippen LogP) is 3.58. The molecule has 17 heavy (non-hydrogen) atoms. The molecule has 0 aliphatic carbocycles. The molecule has 0 saturated carbocycles. The molecule has 2 N–H and O–H groups in total. The maximum Gasteiger partial charge on any atom is 0.123 e. The van der Waals surface area contributed by atoms with Crippen LogP contribution < -0.4 is 5.73 Å². The monoisotopic (exact) mass is 270 g/mol. The van der Waals surface area contributed by atoms with E-state index in [0.29, 0.717) is 21.3 Å². The lowest BCUT2D eigenvalue weighted by molar-refractivity contribution is 0.623. The summed E-state index contributed by atoms with van der Waals surface area (Å²) in [7, 11) is 0. The van der Waals surface area contributed by atoms with Crippen LogP contribution in [0.3, 0.4) is 0 Å². The third kappa shape index (κ3) is 2.57. The van der Waals surface area contributed by atoms with E-state index in [9.17, 15) is 4.39 Å². The maximum atomic E-state index is 13.2. The summed E-state index contributed by atoms with van der Waals surface area (Å²) in [5.74, 6) is -0.396. The third-order valence-corrected chi connectivity index (χ3v) is 3.04. The van der Waals surface area contributed by atoms with Crippen molar-refractivity contribution in [2.24, 2.45) is 5.73 Å². The van der Waals surface area contributed by atoms with Crippen LogP contribution in [0.4, 0.5) is 4.39 Å². The number of hydrogen-bond donors (Lipinski definition) is 1. The molecule has 1 aromatic carbocycles. The van der Waals surface area contributed by atoms with Crippen molar-refractivity contribution in [1.82, 2.24) is 4.98 Å². The van der Waals surface area contributed by atoms with Crippen LogP contribution in [0.15, 0.2) is 36.5 Å². The first-order chi connectivity index (χ1) is 8.09. The van der Waals surface area contributed by atoms with Gasteiger partial charge in [-0.1, -0.05) is 23.2 Å². The molecule has 0 saturated heterocycles. The third-order valence-electron chi connectivity index (χ3n) is 2.37. The van der Waals surface area contributed by atoms with E-state index < -0.39 is 11.9 Å². The summed E-state index contributed by atoms with van der Waals surface area (Å²) in [6.07, 6.45) is 1.58. The zero-order valence-corrected chi connectivity index (χ0v) is 10.2. The Hall–Kier alpha value is -1.16. The molecule has 0 aliphatic heterocycles. The van der Waals surface area contributed by atoms with Crippen LogP contribution >= 0.6 is 23.2 Å². The Morgan fingerprint density at radius 2 is 1.94 bits per heavy atom. The Bertz CT molecular complexity index is 546. The number of aromatic nitrogens is 1. The van der Waals surface area contributed by atoms with Crippen molar-refractivity contribution in [2.45, 2.75) is 6.04 Å². The van der Waals surface area contributed by atoms with E-state index in [-0.39, 0.29) is 0 Å². The van der Waals surface area contributed by atoms with Gasteiger partial charge in [-0.05, 0) is 35.9 Å². The van der Waals surface area contributed by atoms with E-state index in [1.54, 1.807) is 18.3 Å². The fourth-order valence-electron chi connectivity index (χ4n) is 1.53. The smallest absolute Gasteiger partial charge is 0.123 e. The lowest BCUT2D eigenvalue weighted by Gasteiger charge is -2.14. The van der Waals surface area contributed by atoms with E-state index in [0.717, 1.165) is 0 Å². The predicted molar refractivity (Wildman–Crippen MR) is 66.7 cm³/mol. The molecule has 0 fully saturated rings. The molecule has 1 unspecified atom stereocenters. The SMILES string of the molecule is NC(c1cc(F)ccc1Cl)c1ncccc1Cl. The Morgan fingerprint density at radius 3 is 2.65 bits per heavy atom. The highest BCUT2D eigenvalue weighted by Crippen LogP contribution is 2.29. The zero-order chi connectivity index (χ0) is 12.4.